The van der Waals surface area contributed by atoms with E-state index in [0.29, 0.717) is 24.5 Å². The van der Waals surface area contributed by atoms with Crippen LogP contribution in [0.2, 0.25) is 0 Å². The second-order valence-electron chi connectivity index (χ2n) is 5.11. The van der Waals surface area contributed by atoms with Gasteiger partial charge in [-0.15, -0.1) is 0 Å². The summed E-state index contributed by atoms with van der Waals surface area (Å²) in [5.41, 5.74) is -0.164. The summed E-state index contributed by atoms with van der Waals surface area (Å²) in [5, 5.41) is 2.76. The van der Waals surface area contributed by atoms with Crippen LogP contribution in [0.3, 0.4) is 0 Å². The van der Waals surface area contributed by atoms with E-state index in [2.05, 4.69) is 5.32 Å². The lowest BCUT2D eigenvalue weighted by atomic mass is 10.0. The van der Waals surface area contributed by atoms with Crippen molar-refractivity contribution >= 4 is 17.6 Å². The molecule has 0 aromatic heterocycles. The smallest absolute Gasteiger partial charge is 0.341 e. The number of benzene rings is 1. The molecule has 0 aliphatic carbocycles. The average molecular weight is 323 g/mol. The standard InChI is InChI=1S/C17H25NO5/c1-6-17(4,21-5)16(20)18-12-9-10-14(22-7-2)13(11-12)15(19)23-8-3/h9-11H,6-8H2,1-5H3,(H,18,20)/t17-/m0/s1. The van der Waals surface area contributed by atoms with E-state index >= 15 is 0 Å². The third-order valence-electron chi connectivity index (χ3n) is 3.64. The molecule has 6 nitrogen and oxygen atoms in total. The Morgan fingerprint density at radius 2 is 1.87 bits per heavy atom. The SMILES string of the molecule is CCOC(=O)c1cc(NC(=O)[C@](C)(CC)OC)ccc1OCC. The Bertz CT molecular complexity index is 552. The number of nitrogens with one attached hydrogen (secondary N) is 1. The maximum absolute atomic E-state index is 12.3. The van der Waals surface area contributed by atoms with Gasteiger partial charge in [0.05, 0.1) is 13.2 Å². The van der Waals surface area contributed by atoms with Gasteiger partial charge in [-0.2, -0.15) is 0 Å². The molecule has 1 amide bonds. The van der Waals surface area contributed by atoms with Crippen molar-refractivity contribution in [2.75, 3.05) is 25.6 Å². The first kappa shape index (κ1) is 19.0. The molecule has 0 bridgehead atoms. The van der Waals surface area contributed by atoms with Crippen LogP contribution in [0.25, 0.3) is 0 Å². The van der Waals surface area contributed by atoms with Crippen LogP contribution in [-0.2, 0) is 14.3 Å². The lowest BCUT2D eigenvalue weighted by molar-refractivity contribution is -0.136. The minimum atomic E-state index is -0.928. The second-order valence-corrected chi connectivity index (χ2v) is 5.11. The van der Waals surface area contributed by atoms with Crippen molar-refractivity contribution in [2.24, 2.45) is 0 Å². The minimum absolute atomic E-state index is 0.262. The first-order valence-corrected chi connectivity index (χ1v) is 7.72. The molecule has 0 saturated heterocycles. The minimum Gasteiger partial charge on any atom is -0.493 e. The number of rotatable bonds is 8. The van der Waals surface area contributed by atoms with Crippen LogP contribution in [0.5, 0.6) is 5.75 Å². The lowest BCUT2D eigenvalue weighted by Gasteiger charge is -2.25. The normalized spacial score (nSPS) is 13.1. The Morgan fingerprint density at radius 1 is 1.17 bits per heavy atom. The molecule has 6 heteroatoms. The van der Waals surface area contributed by atoms with Gasteiger partial charge in [-0.1, -0.05) is 6.92 Å². The molecule has 0 radical (unpaired) electrons. The first-order chi connectivity index (χ1) is 10.9. The van der Waals surface area contributed by atoms with Gasteiger partial charge in [0.2, 0.25) is 0 Å². The number of esters is 1. The van der Waals surface area contributed by atoms with Crippen molar-refractivity contribution in [3.8, 4) is 5.75 Å². The van der Waals surface area contributed by atoms with Crippen LogP contribution < -0.4 is 10.1 Å². The third-order valence-corrected chi connectivity index (χ3v) is 3.64. The topological polar surface area (TPSA) is 73.9 Å². The Balaban J connectivity index is 3.07. The zero-order valence-electron chi connectivity index (χ0n) is 14.4. The van der Waals surface area contributed by atoms with E-state index in [1.165, 1.54) is 7.11 Å². The van der Waals surface area contributed by atoms with Crippen LogP contribution in [0.1, 0.15) is 44.5 Å². The molecule has 0 heterocycles. The van der Waals surface area contributed by atoms with E-state index < -0.39 is 11.6 Å². The van der Waals surface area contributed by atoms with Gasteiger partial charge < -0.3 is 19.5 Å². The molecular formula is C17H25NO5. The van der Waals surface area contributed by atoms with Crippen molar-refractivity contribution in [3.05, 3.63) is 23.8 Å². The molecule has 1 atom stereocenters. The molecule has 0 aliphatic rings. The fourth-order valence-corrected chi connectivity index (χ4v) is 1.92. The number of anilines is 1. The predicted molar refractivity (Wildman–Crippen MR) is 87.9 cm³/mol. The van der Waals surface area contributed by atoms with Gasteiger partial charge >= 0.3 is 5.97 Å². The summed E-state index contributed by atoms with van der Waals surface area (Å²) < 4.78 is 15.7. The summed E-state index contributed by atoms with van der Waals surface area (Å²) in [7, 11) is 1.49. The molecule has 128 valence electrons. The number of hydrogen-bond donors (Lipinski definition) is 1. The highest BCUT2D eigenvalue weighted by molar-refractivity contribution is 5.99. The van der Waals surface area contributed by atoms with Crippen molar-refractivity contribution in [1.29, 1.82) is 0 Å². The van der Waals surface area contributed by atoms with Crippen LogP contribution in [0.4, 0.5) is 5.69 Å². The summed E-state index contributed by atoms with van der Waals surface area (Å²) in [5.74, 6) is -0.340. The van der Waals surface area contributed by atoms with Gasteiger partial charge in [0.25, 0.3) is 5.91 Å². The van der Waals surface area contributed by atoms with E-state index in [1.807, 2.05) is 13.8 Å². The Morgan fingerprint density at radius 3 is 2.39 bits per heavy atom. The maximum atomic E-state index is 12.3. The quantitative estimate of drug-likeness (QED) is 0.744. The average Bonchev–Trinajstić information content (AvgIpc) is 2.55. The zero-order valence-corrected chi connectivity index (χ0v) is 14.4. The molecule has 0 saturated carbocycles. The maximum Gasteiger partial charge on any atom is 0.341 e. The number of carbonyl (C=O) groups excluding carboxylic acids is 2. The Kier molecular flexibility index (Phi) is 7.03. The molecule has 1 aromatic rings. The Labute approximate surface area is 137 Å². The van der Waals surface area contributed by atoms with Gasteiger partial charge in [0.1, 0.15) is 16.9 Å². The molecule has 0 fully saturated rings. The summed E-state index contributed by atoms with van der Waals surface area (Å²) in [4.78, 5) is 24.4. The summed E-state index contributed by atoms with van der Waals surface area (Å²) in [6.45, 7) is 7.83. The van der Waals surface area contributed by atoms with Gasteiger partial charge in [0, 0.05) is 12.8 Å². The van der Waals surface area contributed by atoms with Crippen molar-refractivity contribution in [1.82, 2.24) is 0 Å². The van der Waals surface area contributed by atoms with E-state index in [9.17, 15) is 9.59 Å². The van der Waals surface area contributed by atoms with Crippen LogP contribution >= 0.6 is 0 Å². The highest BCUT2D eigenvalue weighted by Crippen LogP contribution is 2.25. The van der Waals surface area contributed by atoms with Crippen LogP contribution in [0, 0.1) is 0 Å². The number of methoxy groups -OCH3 is 1. The van der Waals surface area contributed by atoms with Crippen molar-refractivity contribution in [3.63, 3.8) is 0 Å². The first-order valence-electron chi connectivity index (χ1n) is 7.72. The van der Waals surface area contributed by atoms with Gasteiger partial charge in [-0.25, -0.2) is 4.79 Å². The Hall–Kier alpha value is -2.08. The van der Waals surface area contributed by atoms with Gasteiger partial charge in [-0.3, -0.25) is 4.79 Å². The van der Waals surface area contributed by atoms with E-state index in [1.54, 1.807) is 32.0 Å². The molecule has 23 heavy (non-hydrogen) atoms. The van der Waals surface area contributed by atoms with E-state index in [4.69, 9.17) is 14.2 Å². The highest BCUT2D eigenvalue weighted by atomic mass is 16.5. The highest BCUT2D eigenvalue weighted by Gasteiger charge is 2.31. The molecule has 0 unspecified atom stereocenters. The zero-order chi connectivity index (χ0) is 17.5. The summed E-state index contributed by atoms with van der Waals surface area (Å²) in [6.07, 6.45) is 0.525. The van der Waals surface area contributed by atoms with Gasteiger partial charge in [-0.05, 0) is 45.4 Å². The number of hydrogen-bond acceptors (Lipinski definition) is 5. The molecule has 1 aromatic carbocycles. The monoisotopic (exact) mass is 323 g/mol. The summed E-state index contributed by atoms with van der Waals surface area (Å²) in [6, 6.07) is 4.87. The van der Waals surface area contributed by atoms with Crippen molar-refractivity contribution < 1.29 is 23.8 Å². The fraction of sp³-hybridized carbons (Fsp3) is 0.529. The predicted octanol–water partition coefficient (Wildman–Crippen LogP) is 3.02. The van der Waals surface area contributed by atoms with Crippen LogP contribution in [0.15, 0.2) is 18.2 Å². The lowest BCUT2D eigenvalue weighted by Crippen LogP contribution is -2.41. The molecule has 1 rings (SSSR count). The number of carbonyl (C=O) groups is 2. The number of ether oxygens (including phenoxy) is 3. The summed E-state index contributed by atoms with van der Waals surface area (Å²) >= 11 is 0. The fourth-order valence-electron chi connectivity index (χ4n) is 1.92. The molecule has 0 spiro atoms. The molecule has 1 N–H and O–H groups in total. The molecular weight excluding hydrogens is 298 g/mol. The largest absolute Gasteiger partial charge is 0.493 e. The van der Waals surface area contributed by atoms with E-state index in [0.717, 1.165) is 0 Å². The van der Waals surface area contributed by atoms with Gasteiger partial charge in [0.15, 0.2) is 0 Å². The second kappa shape index (κ2) is 8.53. The third kappa shape index (κ3) is 4.69. The van der Waals surface area contributed by atoms with E-state index in [-0.39, 0.29) is 18.1 Å². The van der Waals surface area contributed by atoms with Crippen molar-refractivity contribution in [2.45, 2.75) is 39.7 Å². The van der Waals surface area contributed by atoms with Crippen LogP contribution in [-0.4, -0.2) is 37.8 Å². The number of amides is 1. The molecule has 0 aliphatic heterocycles.